The van der Waals surface area contributed by atoms with Gasteiger partial charge in [-0.3, -0.25) is 4.79 Å². The number of ether oxygens (including phenoxy) is 1. The van der Waals surface area contributed by atoms with Gasteiger partial charge in [0.2, 0.25) is 5.91 Å². The molecule has 7 heteroatoms. The summed E-state index contributed by atoms with van der Waals surface area (Å²) in [5.41, 5.74) is 1.56. The maximum absolute atomic E-state index is 12.5. The zero-order chi connectivity index (χ0) is 20.1. The summed E-state index contributed by atoms with van der Waals surface area (Å²) in [4.78, 5) is 30.8. The van der Waals surface area contributed by atoms with Gasteiger partial charge >= 0.3 is 6.09 Å². The Morgan fingerprint density at radius 1 is 1.29 bits per heavy atom. The van der Waals surface area contributed by atoms with Crippen molar-refractivity contribution < 1.29 is 14.3 Å². The number of imidazole rings is 1. The van der Waals surface area contributed by atoms with Gasteiger partial charge in [0.05, 0.1) is 23.3 Å². The summed E-state index contributed by atoms with van der Waals surface area (Å²) in [7, 11) is 0. The quantitative estimate of drug-likeness (QED) is 0.801. The second-order valence-electron chi connectivity index (χ2n) is 8.34. The zero-order valence-electron chi connectivity index (χ0n) is 17.0. The molecule has 0 radical (unpaired) electrons. The third kappa shape index (κ3) is 5.24. The number of aromatic nitrogens is 2. The van der Waals surface area contributed by atoms with Crippen LogP contribution < -0.4 is 5.32 Å². The summed E-state index contributed by atoms with van der Waals surface area (Å²) in [6.45, 7) is 8.02. The molecular formula is C21H30N4O3. The van der Waals surface area contributed by atoms with Gasteiger partial charge in [0.15, 0.2) is 0 Å². The minimum Gasteiger partial charge on any atom is -0.444 e. The first-order valence-corrected chi connectivity index (χ1v) is 9.99. The molecule has 1 aliphatic heterocycles. The van der Waals surface area contributed by atoms with Crippen molar-refractivity contribution in [2.24, 2.45) is 5.92 Å². The minimum absolute atomic E-state index is 0.0174. The molecule has 1 N–H and O–H groups in total. The molecule has 28 heavy (non-hydrogen) atoms. The second kappa shape index (κ2) is 8.63. The molecule has 0 saturated carbocycles. The second-order valence-corrected chi connectivity index (χ2v) is 8.34. The number of benzene rings is 1. The predicted molar refractivity (Wildman–Crippen MR) is 108 cm³/mol. The van der Waals surface area contributed by atoms with E-state index in [4.69, 9.17) is 4.74 Å². The molecule has 152 valence electrons. The molecule has 2 amide bonds. The van der Waals surface area contributed by atoms with Crippen molar-refractivity contribution in [3.05, 3.63) is 30.6 Å². The average molecular weight is 386 g/mol. The van der Waals surface area contributed by atoms with Gasteiger partial charge in [0, 0.05) is 26.2 Å². The van der Waals surface area contributed by atoms with Crippen LogP contribution in [0.15, 0.2) is 30.6 Å². The third-order valence-corrected chi connectivity index (χ3v) is 4.85. The van der Waals surface area contributed by atoms with Crippen LogP contribution in [0, 0.1) is 5.92 Å². The SMILES string of the molecule is CC(C)(C)OC(=O)N1CCC[C@@H](C(=O)NCCCn2cnc3ccccc32)C1. The van der Waals surface area contributed by atoms with Gasteiger partial charge in [0.25, 0.3) is 0 Å². The summed E-state index contributed by atoms with van der Waals surface area (Å²) < 4.78 is 7.53. The van der Waals surface area contributed by atoms with Crippen LogP contribution in [0.25, 0.3) is 11.0 Å². The highest BCUT2D eigenvalue weighted by Gasteiger charge is 2.30. The van der Waals surface area contributed by atoms with Crippen molar-refractivity contribution in [1.82, 2.24) is 19.8 Å². The number of nitrogens with zero attached hydrogens (tertiary/aromatic N) is 3. The van der Waals surface area contributed by atoms with E-state index in [-0.39, 0.29) is 17.9 Å². The Morgan fingerprint density at radius 2 is 2.07 bits per heavy atom. The van der Waals surface area contributed by atoms with E-state index < -0.39 is 5.60 Å². The van der Waals surface area contributed by atoms with Gasteiger partial charge < -0.3 is 19.5 Å². The molecule has 1 atom stereocenters. The molecule has 2 heterocycles. The maximum atomic E-state index is 12.5. The number of nitrogens with one attached hydrogen (secondary N) is 1. The lowest BCUT2D eigenvalue weighted by Crippen LogP contribution is -2.47. The topological polar surface area (TPSA) is 76.5 Å². The molecule has 1 aromatic heterocycles. The summed E-state index contributed by atoms with van der Waals surface area (Å²) >= 11 is 0. The van der Waals surface area contributed by atoms with Crippen molar-refractivity contribution in [3.8, 4) is 0 Å². The van der Waals surface area contributed by atoms with Crippen molar-refractivity contribution in [1.29, 1.82) is 0 Å². The molecule has 7 nitrogen and oxygen atoms in total. The normalized spacial score (nSPS) is 17.5. The van der Waals surface area contributed by atoms with Crippen molar-refractivity contribution in [3.63, 3.8) is 0 Å². The fourth-order valence-electron chi connectivity index (χ4n) is 3.48. The van der Waals surface area contributed by atoms with Gasteiger partial charge in [-0.1, -0.05) is 12.1 Å². The molecule has 0 bridgehead atoms. The number of likely N-dealkylation sites (tertiary alicyclic amines) is 1. The summed E-state index contributed by atoms with van der Waals surface area (Å²) in [5, 5.41) is 3.02. The van der Waals surface area contributed by atoms with Gasteiger partial charge in [-0.25, -0.2) is 9.78 Å². The molecule has 0 aliphatic carbocycles. The van der Waals surface area contributed by atoms with Crippen LogP contribution in [-0.4, -0.2) is 51.7 Å². The molecule has 1 saturated heterocycles. The first-order valence-electron chi connectivity index (χ1n) is 9.99. The zero-order valence-corrected chi connectivity index (χ0v) is 17.0. The largest absolute Gasteiger partial charge is 0.444 e. The van der Waals surface area contributed by atoms with Gasteiger partial charge in [-0.2, -0.15) is 0 Å². The predicted octanol–water partition coefficient (Wildman–Crippen LogP) is 3.19. The average Bonchev–Trinajstić information content (AvgIpc) is 3.07. The van der Waals surface area contributed by atoms with Gasteiger partial charge in [-0.05, 0) is 52.2 Å². The molecule has 1 aromatic carbocycles. The molecule has 2 aromatic rings. The Morgan fingerprint density at radius 3 is 2.86 bits per heavy atom. The van der Waals surface area contributed by atoms with E-state index in [0.29, 0.717) is 19.6 Å². The Bertz CT molecular complexity index is 824. The Balaban J connectivity index is 1.43. The smallest absolute Gasteiger partial charge is 0.410 e. The van der Waals surface area contributed by atoms with E-state index in [2.05, 4.69) is 14.9 Å². The number of hydrogen-bond donors (Lipinski definition) is 1. The van der Waals surface area contributed by atoms with Crippen LogP contribution in [0.5, 0.6) is 0 Å². The van der Waals surface area contributed by atoms with E-state index in [0.717, 1.165) is 36.8 Å². The highest BCUT2D eigenvalue weighted by Crippen LogP contribution is 2.19. The monoisotopic (exact) mass is 386 g/mol. The van der Waals surface area contributed by atoms with Crippen molar-refractivity contribution in [2.45, 2.75) is 52.2 Å². The van der Waals surface area contributed by atoms with Crippen LogP contribution in [0.2, 0.25) is 0 Å². The molecule has 1 aliphatic rings. The third-order valence-electron chi connectivity index (χ3n) is 4.85. The lowest BCUT2D eigenvalue weighted by atomic mass is 9.97. The van der Waals surface area contributed by atoms with Crippen molar-refractivity contribution in [2.75, 3.05) is 19.6 Å². The highest BCUT2D eigenvalue weighted by atomic mass is 16.6. The molecular weight excluding hydrogens is 356 g/mol. The Kier molecular flexibility index (Phi) is 6.21. The number of hydrogen-bond acceptors (Lipinski definition) is 4. The van der Waals surface area contributed by atoms with Crippen LogP contribution in [0.4, 0.5) is 4.79 Å². The van der Waals surface area contributed by atoms with Gasteiger partial charge in [-0.15, -0.1) is 0 Å². The van der Waals surface area contributed by atoms with Crippen molar-refractivity contribution >= 4 is 23.0 Å². The fraction of sp³-hybridized carbons (Fsp3) is 0.571. The number of aryl methyl sites for hydroxylation is 1. The molecule has 3 rings (SSSR count). The van der Waals surface area contributed by atoms with Gasteiger partial charge in [0.1, 0.15) is 5.60 Å². The standard InChI is InChI=1S/C21H30N4O3/c1-21(2,3)28-20(27)24-12-6-8-16(14-24)19(26)22-11-7-13-25-15-23-17-9-4-5-10-18(17)25/h4-5,9-10,15-16H,6-8,11-14H2,1-3H3,(H,22,26)/t16-/m1/s1. The number of para-hydroxylation sites is 2. The summed E-state index contributed by atoms with van der Waals surface area (Å²) in [6, 6.07) is 8.02. The van der Waals surface area contributed by atoms with E-state index >= 15 is 0 Å². The fourth-order valence-corrected chi connectivity index (χ4v) is 3.48. The van der Waals surface area contributed by atoms with E-state index in [1.54, 1.807) is 4.90 Å². The first-order chi connectivity index (χ1) is 13.3. The van der Waals surface area contributed by atoms with E-state index in [1.807, 2.05) is 51.4 Å². The number of piperidine rings is 1. The molecule has 0 unspecified atom stereocenters. The highest BCUT2D eigenvalue weighted by molar-refractivity contribution is 5.80. The Labute approximate surface area is 166 Å². The molecule has 1 fully saturated rings. The number of carbonyl (C=O) groups is 2. The maximum Gasteiger partial charge on any atom is 0.410 e. The number of rotatable bonds is 5. The minimum atomic E-state index is -0.524. The molecule has 0 spiro atoms. The lowest BCUT2D eigenvalue weighted by molar-refractivity contribution is -0.126. The van der Waals surface area contributed by atoms with E-state index in [1.165, 1.54) is 0 Å². The number of fused-ring (bicyclic) bond motifs is 1. The first kappa shape index (κ1) is 20.2. The number of amides is 2. The van der Waals surface area contributed by atoms with E-state index in [9.17, 15) is 9.59 Å². The Hall–Kier alpha value is -2.57. The lowest BCUT2D eigenvalue weighted by Gasteiger charge is -2.33. The summed E-state index contributed by atoms with van der Waals surface area (Å²) in [6.07, 6.45) is 3.95. The van der Waals surface area contributed by atoms with Crippen LogP contribution in [-0.2, 0) is 16.1 Å². The van der Waals surface area contributed by atoms with Crippen LogP contribution >= 0.6 is 0 Å². The van der Waals surface area contributed by atoms with Crippen LogP contribution in [0.1, 0.15) is 40.0 Å². The summed E-state index contributed by atoms with van der Waals surface area (Å²) in [5.74, 6) is -0.154. The number of carbonyl (C=O) groups excluding carboxylic acids is 2. The van der Waals surface area contributed by atoms with Crippen LogP contribution in [0.3, 0.4) is 0 Å².